The Bertz CT molecular complexity index is 1480. The van der Waals surface area contributed by atoms with Gasteiger partial charge in [0.05, 0.1) is 18.4 Å². The highest BCUT2D eigenvalue weighted by Crippen LogP contribution is 2.45. The summed E-state index contributed by atoms with van der Waals surface area (Å²) in [5, 5.41) is 23.8. The molecule has 13 nitrogen and oxygen atoms in total. The summed E-state index contributed by atoms with van der Waals surface area (Å²) >= 11 is 0. The number of likely N-dealkylation sites (tertiary alicyclic amines) is 1. The predicted molar refractivity (Wildman–Crippen MR) is 168 cm³/mol. The lowest BCUT2D eigenvalue weighted by molar-refractivity contribution is -0.146. The lowest BCUT2D eigenvalue weighted by Gasteiger charge is -2.35. The number of nitrogens with one attached hydrogen (secondary N) is 2. The average Bonchev–Trinajstić information content (AvgIpc) is 3.50. The van der Waals surface area contributed by atoms with Crippen molar-refractivity contribution >= 4 is 30.1 Å². The lowest BCUT2D eigenvalue weighted by Crippen LogP contribution is -2.59. The van der Waals surface area contributed by atoms with E-state index in [0.29, 0.717) is 0 Å². The Kier molecular flexibility index (Phi) is 9.50. The first kappa shape index (κ1) is 32.7. The summed E-state index contributed by atoms with van der Waals surface area (Å²) in [6.45, 7) is 9.10. The number of hydrogen-bond donors (Lipinski definition) is 3. The van der Waals surface area contributed by atoms with Gasteiger partial charge in [-0.25, -0.2) is 14.3 Å². The van der Waals surface area contributed by atoms with Crippen molar-refractivity contribution in [3.05, 3.63) is 60.9 Å². The van der Waals surface area contributed by atoms with Gasteiger partial charge < -0.3 is 30.2 Å². The number of ether oxygens (including phenoxy) is 1. The van der Waals surface area contributed by atoms with Gasteiger partial charge >= 0.3 is 12.1 Å². The second-order valence-electron chi connectivity index (χ2n) is 13.3. The summed E-state index contributed by atoms with van der Waals surface area (Å²) < 4.78 is 7.27. The van der Waals surface area contributed by atoms with Gasteiger partial charge in [0.1, 0.15) is 29.8 Å². The van der Waals surface area contributed by atoms with Crippen LogP contribution in [-0.2, 0) is 24.0 Å². The number of hydrogen-bond acceptors (Lipinski definition) is 8. The zero-order valence-electron chi connectivity index (χ0n) is 26.4. The number of alkyl carbamates (subject to hydrolysis) is 1. The van der Waals surface area contributed by atoms with Crippen LogP contribution in [0.25, 0.3) is 5.69 Å². The van der Waals surface area contributed by atoms with Crippen LogP contribution in [0.5, 0.6) is 0 Å². The summed E-state index contributed by atoms with van der Waals surface area (Å²) in [6, 6.07) is 7.18. The van der Waals surface area contributed by atoms with Crippen LogP contribution < -0.4 is 10.6 Å². The largest absolute Gasteiger partial charge is 0.479 e. The zero-order valence-corrected chi connectivity index (χ0v) is 26.4. The van der Waals surface area contributed by atoms with E-state index >= 15 is 0 Å². The standard InChI is InChI=1S/C33H42N6O7/c1-5-22-18-33(22,30(42)43)37-28(40)26-17-24(46-35-19-21-11-6-9-14-25(21)39-16-10-15-34-39)20-38(26)29(41)27(32(2,3)4)36-31(44)45-23-12-7-8-13-23/h5-6,9-11,14-16,19,22-24,26-27H,1,7-8,12-13,17-18,20H2,2-4H3,(H,36,44)(H,37,40)(H,42,43)/b35-19+/t22-,24-,26+,27-,33+/m1/s1. The van der Waals surface area contributed by atoms with Crippen LogP contribution in [0.4, 0.5) is 4.79 Å². The van der Waals surface area contributed by atoms with Crippen LogP contribution in [0, 0.1) is 11.3 Å². The highest BCUT2D eigenvalue weighted by Gasteiger charge is 2.61. The van der Waals surface area contributed by atoms with Crippen molar-refractivity contribution in [3.8, 4) is 5.69 Å². The molecule has 0 spiro atoms. The molecule has 5 rings (SSSR count). The number of oxime groups is 1. The third kappa shape index (κ3) is 7.08. The number of carboxylic acid groups (broad SMARTS) is 1. The number of nitrogens with zero attached hydrogens (tertiary/aromatic N) is 4. The molecule has 1 saturated heterocycles. The number of carbonyl (C=O) groups excluding carboxylic acids is 3. The first-order chi connectivity index (χ1) is 21.9. The molecule has 0 radical (unpaired) electrons. The Hall–Kier alpha value is -4.68. The summed E-state index contributed by atoms with van der Waals surface area (Å²) in [7, 11) is 0. The highest BCUT2D eigenvalue weighted by atomic mass is 16.6. The second-order valence-corrected chi connectivity index (χ2v) is 13.3. The summed E-state index contributed by atoms with van der Waals surface area (Å²) in [4.78, 5) is 60.1. The molecule has 2 saturated carbocycles. The molecule has 3 fully saturated rings. The molecule has 3 amide bonds. The molecular formula is C33H42N6O7. The van der Waals surface area contributed by atoms with E-state index in [2.05, 4.69) is 27.5 Å². The minimum atomic E-state index is -1.48. The van der Waals surface area contributed by atoms with E-state index < -0.39 is 58.9 Å². The van der Waals surface area contributed by atoms with Crippen molar-refractivity contribution in [3.63, 3.8) is 0 Å². The van der Waals surface area contributed by atoms with E-state index in [-0.39, 0.29) is 25.5 Å². The van der Waals surface area contributed by atoms with E-state index in [4.69, 9.17) is 9.57 Å². The molecule has 13 heteroatoms. The van der Waals surface area contributed by atoms with Crippen molar-refractivity contribution in [1.29, 1.82) is 0 Å². The molecule has 2 aromatic rings. The summed E-state index contributed by atoms with van der Waals surface area (Å²) in [5.74, 6) is -2.73. The van der Waals surface area contributed by atoms with Crippen molar-refractivity contribution < 1.29 is 33.9 Å². The fourth-order valence-corrected chi connectivity index (χ4v) is 6.20. The maximum absolute atomic E-state index is 14.2. The molecule has 2 heterocycles. The Morgan fingerprint density at radius 1 is 1.15 bits per heavy atom. The Balaban J connectivity index is 1.35. The normalized spacial score (nSPS) is 25.2. The van der Waals surface area contributed by atoms with Gasteiger partial charge in [0, 0.05) is 30.3 Å². The van der Waals surface area contributed by atoms with E-state index in [1.54, 1.807) is 23.1 Å². The van der Waals surface area contributed by atoms with Gasteiger partial charge in [-0.05, 0) is 49.7 Å². The van der Waals surface area contributed by atoms with Crippen LogP contribution in [0.3, 0.4) is 0 Å². The van der Waals surface area contributed by atoms with E-state index in [1.807, 2.05) is 45.0 Å². The van der Waals surface area contributed by atoms with Gasteiger partial charge in [0.25, 0.3) is 0 Å². The minimum Gasteiger partial charge on any atom is -0.479 e. The molecule has 1 aromatic heterocycles. The quantitative estimate of drug-likeness (QED) is 0.192. The number of benzene rings is 1. The molecule has 46 heavy (non-hydrogen) atoms. The van der Waals surface area contributed by atoms with Crippen molar-refractivity contribution in [1.82, 2.24) is 25.3 Å². The van der Waals surface area contributed by atoms with E-state index in [0.717, 1.165) is 36.9 Å². The van der Waals surface area contributed by atoms with Crippen LogP contribution in [0.1, 0.15) is 64.9 Å². The maximum Gasteiger partial charge on any atom is 0.408 e. The molecule has 1 aromatic carbocycles. The molecule has 2 aliphatic carbocycles. The molecule has 0 bridgehead atoms. The summed E-state index contributed by atoms with van der Waals surface area (Å²) in [6.07, 6.45) is 8.72. The van der Waals surface area contributed by atoms with Gasteiger partial charge in [-0.3, -0.25) is 9.59 Å². The number of carbonyl (C=O) groups is 4. The van der Waals surface area contributed by atoms with E-state index in [9.17, 15) is 24.3 Å². The van der Waals surface area contributed by atoms with Crippen LogP contribution in [0.15, 0.2) is 60.5 Å². The molecule has 0 unspecified atom stereocenters. The van der Waals surface area contributed by atoms with Crippen LogP contribution in [-0.4, -0.2) is 86.3 Å². The van der Waals surface area contributed by atoms with Gasteiger partial charge in [0.2, 0.25) is 11.8 Å². The maximum atomic E-state index is 14.2. The molecule has 1 aliphatic heterocycles. The number of aromatic nitrogens is 2. The van der Waals surface area contributed by atoms with E-state index in [1.165, 1.54) is 17.2 Å². The van der Waals surface area contributed by atoms with Crippen LogP contribution >= 0.6 is 0 Å². The van der Waals surface area contributed by atoms with Crippen LogP contribution in [0.2, 0.25) is 0 Å². The monoisotopic (exact) mass is 634 g/mol. The van der Waals surface area contributed by atoms with Gasteiger partial charge in [0.15, 0.2) is 0 Å². The third-order valence-corrected chi connectivity index (χ3v) is 8.92. The predicted octanol–water partition coefficient (Wildman–Crippen LogP) is 3.42. The first-order valence-electron chi connectivity index (χ1n) is 15.7. The average molecular weight is 635 g/mol. The molecule has 5 atom stereocenters. The Labute approximate surface area is 268 Å². The van der Waals surface area contributed by atoms with Gasteiger partial charge in [-0.2, -0.15) is 5.10 Å². The number of rotatable bonds is 11. The number of para-hydroxylation sites is 1. The molecular weight excluding hydrogens is 592 g/mol. The van der Waals surface area contributed by atoms with Gasteiger partial charge in [-0.15, -0.1) is 6.58 Å². The molecule has 3 N–H and O–H groups in total. The first-order valence-corrected chi connectivity index (χ1v) is 15.7. The fourth-order valence-electron chi connectivity index (χ4n) is 6.20. The van der Waals surface area contributed by atoms with Crippen molar-refractivity contribution in [2.45, 2.75) is 89.1 Å². The fraction of sp³-hybridized carbons (Fsp3) is 0.515. The minimum absolute atomic E-state index is 0.00798. The number of amides is 3. The second kappa shape index (κ2) is 13.4. The van der Waals surface area contributed by atoms with Crippen molar-refractivity contribution in [2.24, 2.45) is 16.5 Å². The SMILES string of the molecule is C=C[C@@H]1C[C@@]1(NC(=O)[C@@H]1C[C@@H](O/N=C/c2ccccc2-n2cccn2)CN1C(=O)[C@@H](NC(=O)OC1CCCC1)C(C)(C)C)C(=O)O. The highest BCUT2D eigenvalue weighted by molar-refractivity contribution is 5.96. The Morgan fingerprint density at radius 2 is 1.89 bits per heavy atom. The zero-order chi connectivity index (χ0) is 33.1. The molecule has 3 aliphatic rings. The van der Waals surface area contributed by atoms with Gasteiger partial charge in [-0.1, -0.05) is 50.2 Å². The number of carboxylic acids is 1. The third-order valence-electron chi connectivity index (χ3n) is 8.92. The van der Waals surface area contributed by atoms with Crippen molar-refractivity contribution in [2.75, 3.05) is 6.54 Å². The Morgan fingerprint density at radius 3 is 2.52 bits per heavy atom. The smallest absolute Gasteiger partial charge is 0.408 e. The lowest BCUT2D eigenvalue weighted by atomic mass is 9.85. The number of aliphatic carboxylic acids is 1. The molecule has 246 valence electrons. The topological polar surface area (TPSA) is 164 Å². The summed E-state index contributed by atoms with van der Waals surface area (Å²) in [5.41, 5.74) is -0.707.